The molecule has 6 heteroatoms. The maximum absolute atomic E-state index is 13.0. The zero-order chi connectivity index (χ0) is 13.6. The van der Waals surface area contributed by atoms with E-state index in [-0.39, 0.29) is 5.82 Å². The first-order valence-electron chi connectivity index (χ1n) is 5.54. The second-order valence-corrected chi connectivity index (χ2v) is 6.11. The second kappa shape index (κ2) is 7.19. The Kier molecular flexibility index (Phi) is 6.22. The molecular weight excluding hydrogens is 322 g/mol. The Morgan fingerprint density at radius 1 is 1.33 bits per heavy atom. The first-order valence-corrected chi connectivity index (χ1v) is 7.94. The smallest absolute Gasteiger partial charge is 0.306 e. The van der Waals surface area contributed by atoms with Crippen LogP contribution in [-0.4, -0.2) is 13.2 Å². The molecule has 0 radical (unpaired) electrons. The van der Waals surface area contributed by atoms with Crippen molar-refractivity contribution in [2.75, 3.05) is 13.2 Å². The summed E-state index contributed by atoms with van der Waals surface area (Å²) in [6.07, 6.45) is 1.59. The van der Waals surface area contributed by atoms with Gasteiger partial charge in [0.25, 0.3) is 0 Å². The van der Waals surface area contributed by atoms with Crippen LogP contribution in [-0.2, 0) is 13.6 Å². The lowest BCUT2D eigenvalue weighted by molar-refractivity contribution is 0.229. The fourth-order valence-corrected chi connectivity index (χ4v) is 2.99. The van der Waals surface area contributed by atoms with Crippen molar-refractivity contribution in [3.05, 3.63) is 39.9 Å². The first-order chi connectivity index (χ1) is 8.50. The van der Waals surface area contributed by atoms with Crippen molar-refractivity contribution in [2.24, 2.45) is 0 Å². The fourth-order valence-electron chi connectivity index (χ4n) is 1.28. The number of hydrogen-bond donors (Lipinski definition) is 0. The highest BCUT2D eigenvalue weighted by Crippen LogP contribution is 2.50. The van der Waals surface area contributed by atoms with Gasteiger partial charge in [-0.1, -0.05) is 6.07 Å². The molecule has 0 bridgehead atoms. The van der Waals surface area contributed by atoms with Gasteiger partial charge in [0.1, 0.15) is 5.82 Å². The zero-order valence-corrected chi connectivity index (χ0v) is 12.7. The van der Waals surface area contributed by atoms with Crippen molar-refractivity contribution in [3.8, 4) is 0 Å². The van der Waals surface area contributed by atoms with Crippen LogP contribution < -0.4 is 0 Å². The number of benzene rings is 1. The molecule has 18 heavy (non-hydrogen) atoms. The molecule has 1 aromatic rings. The maximum atomic E-state index is 13.0. The van der Waals surface area contributed by atoms with E-state index in [1.54, 1.807) is 32.1 Å². The summed E-state index contributed by atoms with van der Waals surface area (Å²) in [6, 6.07) is 4.50. The number of hydrogen-bond acceptors (Lipinski definition) is 3. The van der Waals surface area contributed by atoms with Crippen LogP contribution in [0.2, 0.25) is 0 Å². The van der Waals surface area contributed by atoms with Gasteiger partial charge in [0.05, 0.1) is 17.7 Å². The predicted molar refractivity (Wildman–Crippen MR) is 74.0 cm³/mol. The summed E-state index contributed by atoms with van der Waals surface area (Å²) in [7, 11) is -3.20. The molecule has 0 aromatic heterocycles. The molecule has 0 aliphatic carbocycles. The van der Waals surface area contributed by atoms with Crippen LogP contribution in [0.3, 0.4) is 0 Å². The Morgan fingerprint density at radius 3 is 2.44 bits per heavy atom. The number of halogens is 2. The van der Waals surface area contributed by atoms with E-state index in [1.165, 1.54) is 11.9 Å². The summed E-state index contributed by atoms with van der Waals surface area (Å²) >= 11 is 3.09. The topological polar surface area (TPSA) is 35.5 Å². The highest BCUT2D eigenvalue weighted by Gasteiger charge is 2.18. The van der Waals surface area contributed by atoms with Crippen molar-refractivity contribution in [3.63, 3.8) is 0 Å². The summed E-state index contributed by atoms with van der Waals surface area (Å²) < 4.78 is 35.7. The minimum atomic E-state index is -3.20. The molecule has 0 N–H and O–H groups in total. The van der Waals surface area contributed by atoms with Crippen molar-refractivity contribution < 1.29 is 18.0 Å². The highest BCUT2D eigenvalue weighted by atomic mass is 79.9. The Bertz CT molecular complexity index is 466. The molecule has 0 amide bonds. The summed E-state index contributed by atoms with van der Waals surface area (Å²) in [4.78, 5) is 0. The summed E-state index contributed by atoms with van der Waals surface area (Å²) in [6.45, 7) is 4.09. The van der Waals surface area contributed by atoms with Crippen LogP contribution >= 0.6 is 23.5 Å². The van der Waals surface area contributed by atoms with Gasteiger partial charge in [0.15, 0.2) is 0 Å². The van der Waals surface area contributed by atoms with E-state index in [4.69, 9.17) is 9.05 Å². The monoisotopic (exact) mass is 336 g/mol. The van der Waals surface area contributed by atoms with Crippen LogP contribution in [0.25, 0.3) is 6.08 Å². The van der Waals surface area contributed by atoms with Gasteiger partial charge in [0.2, 0.25) is 0 Å². The molecule has 0 aliphatic rings. The molecule has 0 saturated carbocycles. The lowest BCUT2D eigenvalue weighted by Gasteiger charge is -2.12. The Hall–Kier alpha value is -0.480. The van der Waals surface area contributed by atoms with Gasteiger partial charge in [-0.25, -0.2) is 4.39 Å². The molecular formula is C12H15BrFO3P. The SMILES string of the molecule is CCOP(=O)(/C=C/c1ccc(F)c(Br)c1)OCC. The largest absolute Gasteiger partial charge is 0.354 e. The van der Waals surface area contributed by atoms with E-state index < -0.39 is 7.60 Å². The predicted octanol–water partition coefficient (Wildman–Crippen LogP) is 4.83. The van der Waals surface area contributed by atoms with E-state index in [1.807, 2.05) is 0 Å². The van der Waals surface area contributed by atoms with Crippen molar-refractivity contribution >= 4 is 29.6 Å². The van der Waals surface area contributed by atoms with E-state index in [9.17, 15) is 8.96 Å². The fraction of sp³-hybridized carbons (Fsp3) is 0.333. The molecule has 3 nitrogen and oxygen atoms in total. The first kappa shape index (κ1) is 15.6. The van der Waals surface area contributed by atoms with Gasteiger partial charge in [-0.05, 0) is 53.5 Å². The van der Waals surface area contributed by atoms with E-state index in [2.05, 4.69) is 15.9 Å². The zero-order valence-electron chi connectivity index (χ0n) is 10.2. The standard InChI is InChI=1S/C12H15BrFO3P/c1-3-16-18(15,17-4-2)8-7-10-5-6-12(14)11(13)9-10/h5-9H,3-4H2,1-2H3/b8-7+. The average molecular weight is 337 g/mol. The van der Waals surface area contributed by atoms with Crippen molar-refractivity contribution in [1.29, 1.82) is 0 Å². The molecule has 0 fully saturated rings. The third kappa shape index (κ3) is 4.65. The molecule has 100 valence electrons. The number of rotatable bonds is 6. The Balaban J connectivity index is 2.88. The quantitative estimate of drug-likeness (QED) is 0.698. The Morgan fingerprint density at radius 2 is 1.94 bits per heavy atom. The second-order valence-electron chi connectivity index (χ2n) is 3.36. The molecule has 1 aromatic carbocycles. The molecule has 0 saturated heterocycles. The lowest BCUT2D eigenvalue weighted by atomic mass is 10.2. The lowest BCUT2D eigenvalue weighted by Crippen LogP contribution is -1.92. The molecule has 1 rings (SSSR count). The van der Waals surface area contributed by atoms with E-state index >= 15 is 0 Å². The third-order valence-electron chi connectivity index (χ3n) is 2.01. The maximum Gasteiger partial charge on any atom is 0.354 e. The van der Waals surface area contributed by atoms with Gasteiger partial charge in [-0.3, -0.25) is 4.57 Å². The summed E-state index contributed by atoms with van der Waals surface area (Å²) in [5, 5.41) is 0. The van der Waals surface area contributed by atoms with Crippen LogP contribution in [0.15, 0.2) is 28.5 Å². The summed E-state index contributed by atoms with van der Waals surface area (Å²) in [5.41, 5.74) is 0.711. The highest BCUT2D eigenvalue weighted by molar-refractivity contribution is 9.10. The Labute approximate surface area is 115 Å². The third-order valence-corrected chi connectivity index (χ3v) is 4.37. The average Bonchev–Trinajstić information content (AvgIpc) is 2.32. The van der Waals surface area contributed by atoms with Gasteiger partial charge in [0, 0.05) is 5.82 Å². The minimum Gasteiger partial charge on any atom is -0.306 e. The van der Waals surface area contributed by atoms with Crippen molar-refractivity contribution in [2.45, 2.75) is 13.8 Å². The molecule has 0 spiro atoms. The minimum absolute atomic E-state index is 0.300. The van der Waals surface area contributed by atoms with Crippen LogP contribution in [0.5, 0.6) is 0 Å². The van der Waals surface area contributed by atoms with Gasteiger partial charge in [-0.2, -0.15) is 0 Å². The van der Waals surface area contributed by atoms with Gasteiger partial charge in [-0.15, -0.1) is 0 Å². The molecule has 0 atom stereocenters. The molecule has 0 aliphatic heterocycles. The molecule has 0 heterocycles. The van der Waals surface area contributed by atoms with Gasteiger partial charge >= 0.3 is 7.60 Å². The van der Waals surface area contributed by atoms with Crippen LogP contribution in [0.4, 0.5) is 4.39 Å². The van der Waals surface area contributed by atoms with E-state index in [0.717, 1.165) is 0 Å². The van der Waals surface area contributed by atoms with Crippen LogP contribution in [0.1, 0.15) is 19.4 Å². The normalized spacial score (nSPS) is 12.2. The van der Waals surface area contributed by atoms with Crippen molar-refractivity contribution in [1.82, 2.24) is 0 Å². The molecule has 0 unspecified atom stereocenters. The summed E-state index contributed by atoms with van der Waals surface area (Å²) in [5.74, 6) is 1.05. The van der Waals surface area contributed by atoms with Crippen LogP contribution in [0, 0.1) is 5.82 Å². The van der Waals surface area contributed by atoms with Gasteiger partial charge < -0.3 is 9.05 Å². The van der Waals surface area contributed by atoms with E-state index in [0.29, 0.717) is 23.2 Å².